The number of hydrogen-bond acceptors (Lipinski definition) is 10. The topological polar surface area (TPSA) is 157 Å². The summed E-state index contributed by atoms with van der Waals surface area (Å²) in [5.41, 5.74) is 0.896. The first-order valence-electron chi connectivity index (χ1n) is 19.1. The molecule has 7 unspecified atom stereocenters. The lowest BCUT2D eigenvalue weighted by molar-refractivity contribution is -0.207. The minimum absolute atomic E-state index is 0.00880. The van der Waals surface area contributed by atoms with E-state index in [0.29, 0.717) is 52.7 Å². The van der Waals surface area contributed by atoms with Crippen LogP contribution in [-0.2, 0) is 20.7 Å². The SMILES string of the molecule is CC(C)=CCCC1(C)C=Cc2c(O)c3c(c(CC=C(C)C)c2O1)OC12C4C3=Nc3ncnn3C4C3CC1C(C)(C)OC2(CC=C(C)C(=O)NCCO)C3=O. The van der Waals surface area contributed by atoms with Gasteiger partial charge in [-0.1, -0.05) is 29.4 Å². The molecule has 0 radical (unpaired) electrons. The second-order valence-corrected chi connectivity index (χ2v) is 17.1. The number of hydrogen-bond donors (Lipinski definition) is 3. The number of ether oxygens (including phenoxy) is 3. The Hall–Kier alpha value is -4.55. The van der Waals surface area contributed by atoms with Gasteiger partial charge in [-0.3, -0.25) is 9.59 Å². The Morgan fingerprint density at radius 1 is 1.07 bits per heavy atom. The van der Waals surface area contributed by atoms with Crippen molar-refractivity contribution in [3.63, 3.8) is 0 Å². The normalized spacial score (nSPS) is 31.6. The molecule has 3 N–H and O–H groups in total. The summed E-state index contributed by atoms with van der Waals surface area (Å²) in [7, 11) is 0. The summed E-state index contributed by atoms with van der Waals surface area (Å²) in [4.78, 5) is 38.0. The summed E-state index contributed by atoms with van der Waals surface area (Å²) < 4.78 is 23.4. The molecule has 1 amide bonds. The summed E-state index contributed by atoms with van der Waals surface area (Å²) in [6.07, 6.45) is 14.1. The first-order chi connectivity index (χ1) is 25.6. The van der Waals surface area contributed by atoms with Gasteiger partial charge in [-0.2, -0.15) is 10.1 Å². The molecular weight excluding hydrogens is 686 g/mol. The van der Waals surface area contributed by atoms with Crippen LogP contribution in [0.1, 0.15) is 104 Å². The fraction of sp³-hybridized carbons (Fsp3) is 0.548. The lowest BCUT2D eigenvalue weighted by atomic mass is 9.44. The molecule has 1 saturated heterocycles. The fourth-order valence-electron chi connectivity index (χ4n) is 10.2. The van der Waals surface area contributed by atoms with E-state index >= 15 is 4.79 Å². The quantitative estimate of drug-likeness (QED) is 0.196. The van der Waals surface area contributed by atoms with Crippen molar-refractivity contribution in [3.05, 3.63) is 64.0 Å². The van der Waals surface area contributed by atoms with Crippen LogP contribution in [0.25, 0.3) is 6.08 Å². The monoisotopic (exact) mass is 737 g/mol. The molecule has 54 heavy (non-hydrogen) atoms. The molecule has 2 aromatic rings. The molecule has 7 atom stereocenters. The van der Waals surface area contributed by atoms with Gasteiger partial charge in [-0.15, -0.1) is 0 Å². The Labute approximate surface area is 316 Å². The van der Waals surface area contributed by atoms with E-state index in [4.69, 9.17) is 19.2 Å². The van der Waals surface area contributed by atoms with Gasteiger partial charge < -0.3 is 29.7 Å². The highest BCUT2D eigenvalue weighted by Crippen LogP contribution is 2.73. The fourth-order valence-corrected chi connectivity index (χ4v) is 10.2. The summed E-state index contributed by atoms with van der Waals surface area (Å²) in [6.45, 7) is 16.0. The molecule has 7 aliphatic rings. The van der Waals surface area contributed by atoms with Gasteiger partial charge in [0.1, 0.15) is 29.2 Å². The number of carbonyl (C=O) groups is 2. The summed E-state index contributed by atoms with van der Waals surface area (Å²) >= 11 is 0. The highest BCUT2D eigenvalue weighted by Gasteiger charge is 2.86. The molecule has 3 aliphatic carbocycles. The van der Waals surface area contributed by atoms with E-state index in [1.807, 2.05) is 39.8 Å². The molecule has 4 aliphatic heterocycles. The van der Waals surface area contributed by atoms with Gasteiger partial charge in [0.2, 0.25) is 11.9 Å². The highest BCUT2D eigenvalue weighted by molar-refractivity contribution is 6.14. The number of nitrogens with zero attached hydrogens (tertiary/aromatic N) is 4. The third-order valence-corrected chi connectivity index (χ3v) is 12.6. The van der Waals surface area contributed by atoms with Gasteiger partial charge in [0, 0.05) is 35.9 Å². The molecular formula is C42H51N5O7. The molecule has 9 rings (SSSR count). The van der Waals surface area contributed by atoms with Gasteiger partial charge >= 0.3 is 0 Å². The highest BCUT2D eigenvalue weighted by atomic mass is 16.6. The van der Waals surface area contributed by atoms with E-state index in [9.17, 15) is 15.0 Å². The van der Waals surface area contributed by atoms with Crippen molar-refractivity contribution in [1.82, 2.24) is 20.1 Å². The van der Waals surface area contributed by atoms with Crippen molar-refractivity contribution in [2.45, 2.75) is 116 Å². The summed E-state index contributed by atoms with van der Waals surface area (Å²) in [5, 5.41) is 29.0. The van der Waals surface area contributed by atoms with Crippen molar-refractivity contribution in [2.24, 2.45) is 22.7 Å². The largest absolute Gasteiger partial charge is 0.506 e. The van der Waals surface area contributed by atoms with Gasteiger partial charge in [-0.05, 0) is 93.2 Å². The summed E-state index contributed by atoms with van der Waals surface area (Å²) in [6, 6.07) is -0.475. The van der Waals surface area contributed by atoms with Crippen LogP contribution in [-0.4, -0.2) is 77.9 Å². The van der Waals surface area contributed by atoms with Crippen molar-refractivity contribution in [3.8, 4) is 17.2 Å². The molecule has 5 heterocycles. The molecule has 12 heteroatoms. The Bertz CT molecular complexity index is 2120. The molecule has 286 valence electrons. The van der Waals surface area contributed by atoms with Gasteiger partial charge in [-0.25, -0.2) is 9.67 Å². The Morgan fingerprint density at radius 3 is 2.56 bits per heavy atom. The number of aliphatic hydroxyl groups excluding tert-OH is 1. The number of rotatable bonds is 10. The van der Waals surface area contributed by atoms with Crippen LogP contribution in [0.2, 0.25) is 0 Å². The number of fused-ring (bicyclic) bond motifs is 4. The number of nitrogens with one attached hydrogen (secondary N) is 1. The average molecular weight is 738 g/mol. The van der Waals surface area contributed by atoms with Crippen LogP contribution in [0.15, 0.2) is 52.3 Å². The van der Waals surface area contributed by atoms with Crippen LogP contribution >= 0.6 is 0 Å². The Morgan fingerprint density at radius 2 is 1.83 bits per heavy atom. The third-order valence-electron chi connectivity index (χ3n) is 12.6. The van der Waals surface area contributed by atoms with Crippen LogP contribution in [0, 0.1) is 17.8 Å². The minimum atomic E-state index is -1.50. The van der Waals surface area contributed by atoms with Gasteiger partial charge in [0.15, 0.2) is 17.0 Å². The first kappa shape index (κ1) is 36.4. The Kier molecular flexibility index (Phi) is 8.43. The zero-order chi connectivity index (χ0) is 38.5. The molecule has 4 bridgehead atoms. The standard InChI is InChI=1S/C42H51N5O7/c1-22(2)10-9-15-40(8)16-14-25-33(49)29-31-30-32(47-38(46-31)44-21-45-47)27-20-28-39(6,7)54-41(36(27)50,17-13-24(5)37(51)43-18-19-48)42(28,30)53-35(29)26(34(25)52-40)12-11-23(3)4/h10-11,13-14,16,21,27-28,30,32,48-49H,9,12,15,17-20H2,1-8H3,(H,43,51). The molecule has 4 fully saturated rings. The number of ketones is 1. The number of Topliss-reactive ketones (excluding diaryl/α,β-unsaturated/α-hetero) is 1. The van der Waals surface area contributed by atoms with Crippen molar-refractivity contribution >= 4 is 29.4 Å². The van der Waals surface area contributed by atoms with E-state index in [-0.39, 0.29) is 42.9 Å². The number of carbonyl (C=O) groups excluding carboxylic acids is 2. The number of allylic oxidation sites excluding steroid dienone is 4. The van der Waals surface area contributed by atoms with Crippen molar-refractivity contribution in [1.29, 1.82) is 0 Å². The molecule has 3 saturated carbocycles. The maximum atomic E-state index is 15.3. The predicted octanol–water partition coefficient (Wildman–Crippen LogP) is 6.04. The summed E-state index contributed by atoms with van der Waals surface area (Å²) in [5.74, 6) is -0.395. The van der Waals surface area contributed by atoms with E-state index in [1.54, 1.807) is 17.7 Å². The smallest absolute Gasteiger partial charge is 0.248 e. The maximum Gasteiger partial charge on any atom is 0.248 e. The number of amides is 1. The van der Waals surface area contributed by atoms with E-state index in [2.05, 4.69) is 48.3 Å². The number of phenolic OH excluding ortho intramolecular Hbond substituents is 1. The second kappa shape index (κ2) is 12.5. The number of aliphatic imine (C=N–C) groups is 1. The van der Waals surface area contributed by atoms with Crippen molar-refractivity contribution in [2.75, 3.05) is 13.2 Å². The lowest BCUT2D eigenvalue weighted by Crippen LogP contribution is -2.79. The second-order valence-electron chi connectivity index (χ2n) is 17.1. The lowest BCUT2D eigenvalue weighted by Gasteiger charge is -2.64. The maximum absolute atomic E-state index is 15.3. The molecule has 12 nitrogen and oxygen atoms in total. The van der Waals surface area contributed by atoms with Crippen LogP contribution < -0.4 is 14.8 Å². The van der Waals surface area contributed by atoms with Crippen LogP contribution in [0.3, 0.4) is 0 Å². The zero-order valence-electron chi connectivity index (χ0n) is 32.4. The number of aliphatic hydroxyl groups is 1. The zero-order valence-corrected chi connectivity index (χ0v) is 32.4. The number of aromatic hydroxyl groups is 1. The minimum Gasteiger partial charge on any atom is -0.506 e. The van der Waals surface area contributed by atoms with Crippen LogP contribution in [0.5, 0.6) is 17.2 Å². The van der Waals surface area contributed by atoms with Gasteiger partial charge in [0.25, 0.3) is 0 Å². The number of phenols is 1. The van der Waals surface area contributed by atoms with E-state index in [0.717, 1.165) is 24.0 Å². The average Bonchev–Trinajstić information content (AvgIpc) is 3.64. The predicted molar refractivity (Wildman–Crippen MR) is 203 cm³/mol. The van der Waals surface area contributed by atoms with E-state index < -0.39 is 40.3 Å². The first-order valence-corrected chi connectivity index (χ1v) is 19.1. The Balaban J connectivity index is 1.38. The van der Waals surface area contributed by atoms with Crippen molar-refractivity contribution < 1.29 is 34.0 Å². The van der Waals surface area contributed by atoms with Crippen LogP contribution in [0.4, 0.5) is 5.95 Å². The molecule has 1 aromatic heterocycles. The molecule has 1 spiro atoms. The molecule has 1 aromatic carbocycles. The number of aromatic nitrogens is 3. The number of benzene rings is 1. The third kappa shape index (κ3) is 5.05. The van der Waals surface area contributed by atoms with E-state index in [1.165, 1.54) is 11.9 Å². The van der Waals surface area contributed by atoms with Gasteiger partial charge in [0.05, 0.1) is 41.0 Å².